The highest BCUT2D eigenvalue weighted by Crippen LogP contribution is 1.87. The summed E-state index contributed by atoms with van der Waals surface area (Å²) in [6.45, 7) is 9.48. The van der Waals surface area contributed by atoms with Crippen molar-refractivity contribution in [2.75, 3.05) is 0 Å². The van der Waals surface area contributed by atoms with Crippen LogP contribution in [0, 0.1) is 0 Å². The minimum absolute atomic E-state index is 0.889. The molecule has 2 heteroatoms. The van der Waals surface area contributed by atoms with Gasteiger partial charge in [0.2, 0.25) is 0 Å². The van der Waals surface area contributed by atoms with Gasteiger partial charge < -0.3 is 5.73 Å². The van der Waals surface area contributed by atoms with E-state index in [0.29, 0.717) is 0 Å². The van der Waals surface area contributed by atoms with Crippen LogP contribution in [0.15, 0.2) is 30.0 Å². The fraction of sp³-hybridized carbons (Fsp3) is 0.444. The predicted octanol–water partition coefficient (Wildman–Crippen LogP) is 2.48. The maximum Gasteiger partial charge on any atom is 0.0414 e. The summed E-state index contributed by atoms with van der Waals surface area (Å²) in [6.07, 6.45) is 5.64. The second-order valence-electron chi connectivity index (χ2n) is 1.52. The first-order valence-electron chi connectivity index (χ1n) is 3.91. The molecule has 64 valence electrons. The highest BCUT2D eigenvalue weighted by atomic mass is 14.7. The Morgan fingerprint density at radius 3 is 2.36 bits per heavy atom. The van der Waals surface area contributed by atoms with Gasteiger partial charge in [-0.05, 0) is 18.7 Å². The van der Waals surface area contributed by atoms with E-state index in [9.17, 15) is 0 Å². The normalized spacial score (nSPS) is 10.6. The first kappa shape index (κ1) is 12.6. The largest absolute Gasteiger partial charge is 0.405 e. The number of nitrogens with two attached hydrogens (primary N) is 1. The average Bonchev–Trinajstić information content (AvgIpc) is 2.08. The van der Waals surface area contributed by atoms with E-state index < -0.39 is 0 Å². The Morgan fingerprint density at radius 1 is 1.55 bits per heavy atom. The van der Waals surface area contributed by atoms with Crippen molar-refractivity contribution in [1.29, 1.82) is 0 Å². The molecule has 0 saturated carbocycles. The first-order valence-corrected chi connectivity index (χ1v) is 3.91. The summed E-state index contributed by atoms with van der Waals surface area (Å²) in [7, 11) is 0. The molecule has 0 amide bonds. The molecule has 0 bridgehead atoms. The number of hydrogen-bond acceptors (Lipinski definition) is 2. The van der Waals surface area contributed by atoms with E-state index in [1.165, 1.54) is 12.4 Å². The van der Waals surface area contributed by atoms with Crippen LogP contribution in [0.2, 0.25) is 0 Å². The summed E-state index contributed by atoms with van der Waals surface area (Å²) in [5, 5.41) is 0. The van der Waals surface area contributed by atoms with Crippen molar-refractivity contribution in [2.45, 2.75) is 27.2 Å². The van der Waals surface area contributed by atoms with Crippen molar-refractivity contribution in [3.8, 4) is 0 Å². The molecule has 0 aliphatic heterocycles. The minimum Gasteiger partial charge on any atom is -0.405 e. The molecule has 0 atom stereocenters. The van der Waals surface area contributed by atoms with Gasteiger partial charge in [0.05, 0.1) is 0 Å². The number of rotatable bonds is 3. The molecule has 0 aromatic carbocycles. The Morgan fingerprint density at radius 2 is 2.09 bits per heavy atom. The van der Waals surface area contributed by atoms with Crippen molar-refractivity contribution in [3.63, 3.8) is 0 Å². The summed E-state index contributed by atoms with van der Waals surface area (Å²) < 4.78 is 0. The lowest BCUT2D eigenvalue weighted by atomic mass is 10.3. The third-order valence-electron chi connectivity index (χ3n) is 0.908. The fourth-order valence-corrected chi connectivity index (χ4v) is 0.481. The Labute approximate surface area is 69.5 Å². The summed E-state index contributed by atoms with van der Waals surface area (Å²) in [5.41, 5.74) is 6.09. The highest BCUT2D eigenvalue weighted by Gasteiger charge is 1.83. The maximum absolute atomic E-state index is 5.14. The van der Waals surface area contributed by atoms with Gasteiger partial charge in [-0.2, -0.15) is 0 Å². The molecule has 0 aliphatic rings. The van der Waals surface area contributed by atoms with Gasteiger partial charge in [0.15, 0.2) is 0 Å². The van der Waals surface area contributed by atoms with Crippen molar-refractivity contribution >= 4 is 5.71 Å². The summed E-state index contributed by atoms with van der Waals surface area (Å²) in [5.74, 6) is 0. The molecule has 0 unspecified atom stereocenters. The summed E-state index contributed by atoms with van der Waals surface area (Å²) in [6, 6.07) is 0. The van der Waals surface area contributed by atoms with Crippen molar-refractivity contribution < 1.29 is 0 Å². The summed E-state index contributed by atoms with van der Waals surface area (Å²) >= 11 is 0. The van der Waals surface area contributed by atoms with Crippen LogP contribution in [0.5, 0.6) is 0 Å². The van der Waals surface area contributed by atoms with E-state index >= 15 is 0 Å². The van der Waals surface area contributed by atoms with Crippen molar-refractivity contribution in [3.05, 3.63) is 25.1 Å². The van der Waals surface area contributed by atoms with Gasteiger partial charge in [-0.25, -0.2) is 0 Å². The van der Waals surface area contributed by atoms with Crippen LogP contribution in [0.3, 0.4) is 0 Å². The van der Waals surface area contributed by atoms with Crippen molar-refractivity contribution in [1.82, 2.24) is 0 Å². The molecule has 0 aromatic heterocycles. The highest BCUT2D eigenvalue weighted by molar-refractivity contribution is 5.94. The van der Waals surface area contributed by atoms with Gasteiger partial charge in [-0.15, -0.1) is 0 Å². The van der Waals surface area contributed by atoms with E-state index in [4.69, 9.17) is 5.73 Å². The Bertz CT molecular complexity index is 134. The lowest BCUT2D eigenvalue weighted by molar-refractivity contribution is 1.28. The smallest absolute Gasteiger partial charge is 0.0414 e. The van der Waals surface area contributed by atoms with Crippen molar-refractivity contribution in [2.24, 2.45) is 10.7 Å². The molecule has 0 heterocycles. The second kappa shape index (κ2) is 11.7. The fourth-order valence-electron chi connectivity index (χ4n) is 0.481. The van der Waals surface area contributed by atoms with Gasteiger partial charge in [0.25, 0.3) is 0 Å². The van der Waals surface area contributed by atoms with Crippen LogP contribution in [-0.4, -0.2) is 5.71 Å². The molecule has 0 rings (SSSR count). The lowest BCUT2D eigenvalue weighted by Crippen LogP contribution is -1.90. The third-order valence-corrected chi connectivity index (χ3v) is 0.908. The van der Waals surface area contributed by atoms with Crippen LogP contribution in [0.25, 0.3) is 0 Å². The monoisotopic (exact) mass is 154 g/mol. The lowest BCUT2D eigenvalue weighted by Gasteiger charge is -1.89. The van der Waals surface area contributed by atoms with Gasteiger partial charge in [-0.3, -0.25) is 4.99 Å². The van der Waals surface area contributed by atoms with E-state index in [2.05, 4.69) is 11.6 Å². The molecular formula is C9H18N2. The zero-order valence-electron chi connectivity index (χ0n) is 7.67. The first-order chi connectivity index (χ1) is 5.35. The number of hydrogen-bond donors (Lipinski definition) is 1. The second-order valence-corrected chi connectivity index (χ2v) is 1.52. The summed E-state index contributed by atoms with van der Waals surface area (Å²) in [4.78, 5) is 3.95. The number of nitrogens with zero attached hydrogens (tertiary/aromatic N) is 1. The standard InChI is InChI=1S/C7H12N2.C2H6/c1-3-7(5-6-8)9-4-2;1-2/h4-6H,2-3,8H2,1H3;1-2H3/b6-5-,9-7?;. The van der Waals surface area contributed by atoms with E-state index in [0.717, 1.165) is 12.1 Å². The number of allylic oxidation sites excluding steroid dienone is 1. The molecule has 11 heavy (non-hydrogen) atoms. The molecule has 0 aliphatic carbocycles. The molecule has 2 nitrogen and oxygen atoms in total. The van der Waals surface area contributed by atoms with E-state index in [-0.39, 0.29) is 0 Å². The van der Waals surface area contributed by atoms with E-state index in [1.54, 1.807) is 6.08 Å². The Balaban J connectivity index is 0. The molecule has 2 N–H and O–H groups in total. The van der Waals surface area contributed by atoms with Crippen LogP contribution in [-0.2, 0) is 0 Å². The van der Waals surface area contributed by atoms with Crippen LogP contribution in [0.4, 0.5) is 0 Å². The topological polar surface area (TPSA) is 38.4 Å². The number of aliphatic imine (C=N–C) groups is 1. The van der Waals surface area contributed by atoms with Gasteiger partial charge in [-0.1, -0.05) is 27.4 Å². The van der Waals surface area contributed by atoms with Crippen LogP contribution in [0.1, 0.15) is 27.2 Å². The zero-order chi connectivity index (χ0) is 9.11. The average molecular weight is 154 g/mol. The molecule has 0 spiro atoms. The zero-order valence-corrected chi connectivity index (χ0v) is 7.67. The molecular weight excluding hydrogens is 136 g/mol. The maximum atomic E-state index is 5.14. The molecule has 0 fully saturated rings. The molecule has 0 radical (unpaired) electrons. The van der Waals surface area contributed by atoms with Gasteiger partial charge in [0.1, 0.15) is 0 Å². The van der Waals surface area contributed by atoms with Gasteiger partial charge >= 0.3 is 0 Å². The quantitative estimate of drug-likeness (QED) is 0.623. The minimum atomic E-state index is 0.889. The Hall–Kier alpha value is -1.05. The van der Waals surface area contributed by atoms with E-state index in [1.807, 2.05) is 20.8 Å². The van der Waals surface area contributed by atoms with Crippen LogP contribution >= 0.6 is 0 Å². The SMILES string of the molecule is C=CN=C(/C=C\N)CC.CC. The predicted molar refractivity (Wildman–Crippen MR) is 52.6 cm³/mol. The van der Waals surface area contributed by atoms with Crippen LogP contribution < -0.4 is 5.73 Å². The molecule has 0 aromatic rings. The molecule has 0 saturated heterocycles. The Kier molecular flexibility index (Phi) is 13.4. The van der Waals surface area contributed by atoms with Gasteiger partial charge in [0, 0.05) is 11.9 Å². The third kappa shape index (κ3) is 8.95.